The summed E-state index contributed by atoms with van der Waals surface area (Å²) in [4.78, 5) is 4.33. The molecule has 0 spiro atoms. The number of fused-ring (bicyclic) bond motifs is 1. The molecule has 6 nitrogen and oxygen atoms in total. The molecule has 0 fully saturated rings. The first-order valence-electron chi connectivity index (χ1n) is 7.31. The van der Waals surface area contributed by atoms with Crippen LogP contribution in [-0.2, 0) is 16.6 Å². The quantitative estimate of drug-likeness (QED) is 0.917. The molecule has 1 aromatic carbocycles. The minimum atomic E-state index is -3.60. The fraction of sp³-hybridized carbons (Fsp3) is 0.333. The number of aromatic nitrogens is 3. The maximum atomic E-state index is 12.3. The molecule has 3 rings (SSSR count). The third-order valence-corrected chi connectivity index (χ3v) is 5.07. The van der Waals surface area contributed by atoms with E-state index in [1.165, 1.54) is 6.08 Å². The molecule has 2 heterocycles. The van der Waals surface area contributed by atoms with Crippen LogP contribution in [0.3, 0.4) is 0 Å². The second-order valence-corrected chi connectivity index (χ2v) is 7.43. The van der Waals surface area contributed by atoms with Gasteiger partial charge in [-0.05, 0) is 37.5 Å². The molecule has 1 aromatic heterocycles. The van der Waals surface area contributed by atoms with Crippen LogP contribution in [0.4, 0.5) is 0 Å². The lowest BCUT2D eigenvalue weighted by molar-refractivity contribution is 0.401. The Morgan fingerprint density at radius 2 is 2.17 bits per heavy atom. The zero-order valence-electron chi connectivity index (χ0n) is 12.6. The Kier molecular flexibility index (Phi) is 4.52. The fourth-order valence-electron chi connectivity index (χ4n) is 2.59. The van der Waals surface area contributed by atoms with E-state index < -0.39 is 10.0 Å². The summed E-state index contributed by atoms with van der Waals surface area (Å²) in [6.07, 6.45) is 3.05. The van der Waals surface area contributed by atoms with Gasteiger partial charge in [-0.3, -0.25) is 0 Å². The number of nitrogens with zero attached hydrogens (tertiary/aromatic N) is 3. The van der Waals surface area contributed by atoms with Gasteiger partial charge in [0.15, 0.2) is 0 Å². The van der Waals surface area contributed by atoms with Gasteiger partial charge in [-0.1, -0.05) is 29.8 Å². The van der Waals surface area contributed by atoms with Crippen LogP contribution in [0.2, 0.25) is 5.02 Å². The monoisotopic (exact) mass is 352 g/mol. The van der Waals surface area contributed by atoms with Crippen molar-refractivity contribution >= 4 is 27.7 Å². The van der Waals surface area contributed by atoms with Gasteiger partial charge in [0, 0.05) is 17.0 Å². The minimum absolute atomic E-state index is 0.356. The van der Waals surface area contributed by atoms with Gasteiger partial charge in [0.2, 0.25) is 10.0 Å². The van der Waals surface area contributed by atoms with Crippen molar-refractivity contribution < 1.29 is 8.42 Å². The van der Waals surface area contributed by atoms with E-state index in [1.54, 1.807) is 35.9 Å². The molecular weight excluding hydrogens is 336 g/mol. The summed E-state index contributed by atoms with van der Waals surface area (Å²) < 4.78 is 29.0. The van der Waals surface area contributed by atoms with Crippen LogP contribution < -0.4 is 4.72 Å². The molecular formula is C15H17ClN4O2S. The normalized spacial score (nSPS) is 18.3. The predicted octanol–water partition coefficient (Wildman–Crippen LogP) is 2.67. The molecule has 1 N–H and O–H groups in total. The number of hydrogen-bond donors (Lipinski definition) is 1. The number of benzene rings is 1. The predicted molar refractivity (Wildman–Crippen MR) is 89.3 cm³/mol. The molecule has 1 aliphatic heterocycles. The van der Waals surface area contributed by atoms with Crippen molar-refractivity contribution in [3.8, 4) is 0 Å². The Hall–Kier alpha value is -1.70. The molecule has 0 saturated heterocycles. The van der Waals surface area contributed by atoms with Gasteiger partial charge < -0.3 is 0 Å². The van der Waals surface area contributed by atoms with Gasteiger partial charge in [-0.25, -0.2) is 22.8 Å². The van der Waals surface area contributed by atoms with Gasteiger partial charge in [0.25, 0.3) is 0 Å². The lowest BCUT2D eigenvalue weighted by Gasteiger charge is -2.22. The first-order chi connectivity index (χ1) is 10.9. The molecule has 122 valence electrons. The highest BCUT2D eigenvalue weighted by Crippen LogP contribution is 2.24. The molecule has 23 heavy (non-hydrogen) atoms. The summed E-state index contributed by atoms with van der Waals surface area (Å²) in [7, 11) is -3.60. The number of sulfonamides is 1. The zero-order valence-corrected chi connectivity index (χ0v) is 14.2. The lowest BCUT2D eigenvalue weighted by Crippen LogP contribution is -2.32. The van der Waals surface area contributed by atoms with Crippen molar-refractivity contribution in [2.75, 3.05) is 0 Å². The van der Waals surface area contributed by atoms with Crippen LogP contribution in [0.5, 0.6) is 0 Å². The Morgan fingerprint density at radius 3 is 2.96 bits per heavy atom. The highest BCUT2D eigenvalue weighted by molar-refractivity contribution is 7.92. The summed E-state index contributed by atoms with van der Waals surface area (Å²) in [5.41, 5.74) is 0.655. The third-order valence-electron chi connectivity index (χ3n) is 3.62. The van der Waals surface area contributed by atoms with Crippen LogP contribution in [0, 0.1) is 6.92 Å². The van der Waals surface area contributed by atoms with E-state index in [9.17, 15) is 8.42 Å². The number of aryl methyl sites for hydroxylation is 2. The topological polar surface area (TPSA) is 76.9 Å². The van der Waals surface area contributed by atoms with E-state index >= 15 is 0 Å². The van der Waals surface area contributed by atoms with E-state index in [-0.39, 0.29) is 6.04 Å². The van der Waals surface area contributed by atoms with Gasteiger partial charge in [0.05, 0.1) is 6.04 Å². The van der Waals surface area contributed by atoms with Crippen molar-refractivity contribution in [3.05, 3.63) is 51.9 Å². The Morgan fingerprint density at radius 1 is 1.39 bits per heavy atom. The summed E-state index contributed by atoms with van der Waals surface area (Å²) >= 11 is 6.03. The van der Waals surface area contributed by atoms with Crippen molar-refractivity contribution in [1.29, 1.82) is 0 Å². The second-order valence-electron chi connectivity index (χ2n) is 5.42. The molecule has 0 bridgehead atoms. The van der Waals surface area contributed by atoms with Crippen molar-refractivity contribution in [2.45, 2.75) is 32.4 Å². The van der Waals surface area contributed by atoms with Gasteiger partial charge >= 0.3 is 0 Å². The molecule has 1 atom stereocenters. The van der Waals surface area contributed by atoms with E-state index in [4.69, 9.17) is 11.6 Å². The molecule has 1 aliphatic rings. The minimum Gasteiger partial charge on any atom is -0.248 e. The van der Waals surface area contributed by atoms with Crippen LogP contribution in [0.1, 0.15) is 36.1 Å². The highest BCUT2D eigenvalue weighted by atomic mass is 35.5. The summed E-state index contributed by atoms with van der Waals surface area (Å²) in [6, 6.07) is 6.72. The number of nitrogens with one attached hydrogen (secondary N) is 1. The van der Waals surface area contributed by atoms with Gasteiger partial charge in [0.1, 0.15) is 11.6 Å². The van der Waals surface area contributed by atoms with Crippen molar-refractivity contribution in [3.63, 3.8) is 0 Å². The maximum absolute atomic E-state index is 12.3. The second kappa shape index (κ2) is 6.43. The standard InChI is InChI=1S/C15H17ClN4O2S/c1-11-17-15-14(7-4-9-20(15)18-11)19-23(21,22)10-8-12-5-2-3-6-13(12)16/h2-3,5-6,8,10,14,19H,4,7,9H2,1H3/b10-8+. The largest absolute Gasteiger partial charge is 0.248 e. The number of rotatable bonds is 4. The molecule has 8 heteroatoms. The van der Waals surface area contributed by atoms with E-state index in [1.807, 2.05) is 0 Å². The summed E-state index contributed by atoms with van der Waals surface area (Å²) in [6.45, 7) is 2.57. The van der Waals surface area contributed by atoms with Gasteiger partial charge in [-0.15, -0.1) is 0 Å². The molecule has 0 saturated carbocycles. The maximum Gasteiger partial charge on any atom is 0.234 e. The Bertz CT molecular complexity index is 845. The third kappa shape index (κ3) is 3.80. The Balaban J connectivity index is 1.78. The van der Waals surface area contributed by atoms with Crippen LogP contribution in [0.25, 0.3) is 6.08 Å². The smallest absolute Gasteiger partial charge is 0.234 e. The molecule has 0 aliphatic carbocycles. The van der Waals surface area contributed by atoms with E-state index in [2.05, 4.69) is 14.8 Å². The average molecular weight is 353 g/mol. The lowest BCUT2D eigenvalue weighted by atomic mass is 10.1. The summed E-state index contributed by atoms with van der Waals surface area (Å²) in [5, 5.41) is 5.91. The molecule has 0 radical (unpaired) electrons. The van der Waals surface area contributed by atoms with E-state index in [0.717, 1.165) is 18.4 Å². The van der Waals surface area contributed by atoms with Crippen LogP contribution in [-0.4, -0.2) is 23.2 Å². The zero-order chi connectivity index (χ0) is 16.4. The highest BCUT2D eigenvalue weighted by Gasteiger charge is 2.26. The van der Waals surface area contributed by atoms with Crippen LogP contribution in [0.15, 0.2) is 29.7 Å². The average Bonchev–Trinajstić information content (AvgIpc) is 2.88. The first kappa shape index (κ1) is 16.2. The Labute approximate surface area is 140 Å². The molecule has 0 amide bonds. The summed E-state index contributed by atoms with van der Waals surface area (Å²) in [5.74, 6) is 1.32. The molecule has 1 unspecified atom stereocenters. The van der Waals surface area contributed by atoms with Gasteiger partial charge in [-0.2, -0.15) is 5.10 Å². The molecule has 2 aromatic rings. The van der Waals surface area contributed by atoms with Crippen LogP contribution >= 0.6 is 11.6 Å². The number of hydrogen-bond acceptors (Lipinski definition) is 4. The van der Waals surface area contributed by atoms with Crippen molar-refractivity contribution in [2.24, 2.45) is 0 Å². The van der Waals surface area contributed by atoms with Crippen molar-refractivity contribution in [1.82, 2.24) is 19.5 Å². The SMILES string of the molecule is Cc1nc2n(n1)CCCC2NS(=O)(=O)/C=C/c1ccccc1Cl. The fourth-order valence-corrected chi connectivity index (χ4v) is 3.81. The van der Waals surface area contributed by atoms with E-state index in [0.29, 0.717) is 28.7 Å². The number of halogens is 1. The first-order valence-corrected chi connectivity index (χ1v) is 9.23.